The zero-order valence-corrected chi connectivity index (χ0v) is 11.8. The Kier molecular flexibility index (Phi) is 10.7. The molecular formula is C12H24N6O2. The highest BCUT2D eigenvalue weighted by molar-refractivity contribution is 5.99. The molecule has 0 saturated heterocycles. The molecule has 114 valence electrons. The molecule has 8 nitrogen and oxygen atoms in total. The molecule has 1 atom stereocenters. The monoisotopic (exact) mass is 284 g/mol. The van der Waals surface area contributed by atoms with E-state index in [4.69, 9.17) is 11.7 Å². The number of hydrogen-bond acceptors (Lipinski definition) is 5. The Labute approximate surface area is 119 Å². The number of carbonyl (C=O) groups excluding carboxylic acids is 2. The Morgan fingerprint density at radius 2 is 2.10 bits per heavy atom. The maximum atomic E-state index is 11.8. The summed E-state index contributed by atoms with van der Waals surface area (Å²) in [7, 11) is 0. The van der Waals surface area contributed by atoms with E-state index in [1.54, 1.807) is 0 Å². The van der Waals surface area contributed by atoms with Crippen LogP contribution in [0.4, 0.5) is 0 Å². The Hall–Kier alpha value is -2.09. The standard InChI is InChI=1S/C12H24N6O2/c1-2-3-4-5-6-7-8-10(15-9-19)11(20)16-12(17-13)18-14/h6-7,9-10H,2-5,8,13-14H2,1H3,(H,15,19)(H2,16,17,18,20)/b7-6-. The molecule has 8 heteroatoms. The molecule has 0 aliphatic carbocycles. The smallest absolute Gasteiger partial charge is 0.249 e. The number of allylic oxidation sites excluding steroid dienone is 1. The van der Waals surface area contributed by atoms with Crippen LogP contribution < -0.4 is 27.7 Å². The number of hydrogen-bond donors (Lipinski definition) is 5. The van der Waals surface area contributed by atoms with Crippen molar-refractivity contribution in [2.24, 2.45) is 16.8 Å². The molecule has 0 bridgehead atoms. The van der Waals surface area contributed by atoms with Gasteiger partial charge in [-0.1, -0.05) is 31.9 Å². The second-order valence-electron chi connectivity index (χ2n) is 4.15. The molecule has 0 aliphatic rings. The first-order valence-electron chi connectivity index (χ1n) is 6.59. The summed E-state index contributed by atoms with van der Waals surface area (Å²) in [5.74, 6) is 9.58. The molecule has 7 N–H and O–H groups in total. The first-order chi connectivity index (χ1) is 9.69. The molecule has 0 rings (SSSR count). The number of nitrogens with two attached hydrogens (primary N) is 2. The average molecular weight is 284 g/mol. The number of carbonyl (C=O) groups is 2. The molecule has 0 aromatic carbocycles. The number of nitrogens with zero attached hydrogens (tertiary/aromatic N) is 1. The van der Waals surface area contributed by atoms with Crippen LogP contribution in [0.5, 0.6) is 0 Å². The van der Waals surface area contributed by atoms with Gasteiger partial charge in [0.1, 0.15) is 6.04 Å². The lowest BCUT2D eigenvalue weighted by Crippen LogP contribution is -2.51. The molecule has 0 radical (unpaired) electrons. The largest absolute Gasteiger partial charge is 0.347 e. The fraction of sp³-hybridized carbons (Fsp3) is 0.583. The lowest BCUT2D eigenvalue weighted by atomic mass is 10.1. The summed E-state index contributed by atoms with van der Waals surface area (Å²) in [4.78, 5) is 22.3. The van der Waals surface area contributed by atoms with Gasteiger partial charge in [0.15, 0.2) is 0 Å². The van der Waals surface area contributed by atoms with E-state index in [1.165, 1.54) is 12.8 Å². The van der Waals surface area contributed by atoms with Crippen molar-refractivity contribution < 1.29 is 9.59 Å². The molecule has 0 saturated carbocycles. The lowest BCUT2D eigenvalue weighted by Gasteiger charge is -2.14. The fourth-order valence-electron chi connectivity index (χ4n) is 1.50. The van der Waals surface area contributed by atoms with Crippen molar-refractivity contribution in [3.8, 4) is 0 Å². The number of guanidine groups is 1. The Morgan fingerprint density at radius 3 is 2.65 bits per heavy atom. The van der Waals surface area contributed by atoms with Crippen molar-refractivity contribution in [2.45, 2.75) is 45.1 Å². The first kappa shape index (κ1) is 17.9. The summed E-state index contributed by atoms with van der Waals surface area (Å²) in [5.41, 5.74) is 2.13. The minimum atomic E-state index is -0.694. The van der Waals surface area contributed by atoms with E-state index in [1.807, 2.05) is 12.2 Å². The topological polar surface area (TPSA) is 135 Å². The number of amides is 2. The second kappa shape index (κ2) is 12.0. The number of rotatable bonds is 9. The van der Waals surface area contributed by atoms with Crippen LogP contribution in [0.3, 0.4) is 0 Å². The molecule has 0 aromatic heterocycles. The molecular weight excluding hydrogens is 260 g/mol. The quantitative estimate of drug-likeness (QED) is 0.0735. The van der Waals surface area contributed by atoms with Gasteiger partial charge in [0.25, 0.3) is 0 Å². The predicted molar refractivity (Wildman–Crippen MR) is 78.0 cm³/mol. The maximum Gasteiger partial charge on any atom is 0.249 e. The van der Waals surface area contributed by atoms with Crippen LogP contribution in [0, 0.1) is 0 Å². The fourth-order valence-corrected chi connectivity index (χ4v) is 1.50. The minimum Gasteiger partial charge on any atom is -0.347 e. The Bertz CT molecular complexity index is 343. The average Bonchev–Trinajstić information content (AvgIpc) is 2.46. The van der Waals surface area contributed by atoms with E-state index >= 15 is 0 Å². The van der Waals surface area contributed by atoms with E-state index < -0.39 is 11.9 Å². The molecule has 0 fully saturated rings. The zero-order chi connectivity index (χ0) is 15.2. The molecule has 2 amide bonds. The van der Waals surface area contributed by atoms with Gasteiger partial charge in [0.2, 0.25) is 18.3 Å². The van der Waals surface area contributed by atoms with Crippen LogP contribution in [0.2, 0.25) is 0 Å². The normalized spacial score (nSPS) is 13.0. The summed E-state index contributed by atoms with van der Waals surface area (Å²) in [6.45, 7) is 2.14. The van der Waals surface area contributed by atoms with Crippen LogP contribution in [0.25, 0.3) is 0 Å². The first-order valence-corrected chi connectivity index (χ1v) is 6.59. The molecule has 20 heavy (non-hydrogen) atoms. The number of unbranched alkanes of at least 4 members (excludes halogenated alkanes) is 3. The summed E-state index contributed by atoms with van der Waals surface area (Å²) in [6.07, 6.45) is 9.16. The van der Waals surface area contributed by atoms with Crippen LogP contribution in [-0.4, -0.2) is 24.3 Å². The Balaban J connectivity index is 4.27. The number of nitrogens with one attached hydrogen (secondary N) is 3. The van der Waals surface area contributed by atoms with E-state index in [0.29, 0.717) is 12.8 Å². The third-order valence-electron chi connectivity index (χ3n) is 2.61. The minimum absolute atomic E-state index is 0.0698. The highest BCUT2D eigenvalue weighted by atomic mass is 16.2. The van der Waals surface area contributed by atoms with Gasteiger partial charge in [-0.25, -0.2) is 5.84 Å². The predicted octanol–water partition coefficient (Wildman–Crippen LogP) is -0.563. The second-order valence-corrected chi connectivity index (χ2v) is 4.15. The van der Waals surface area contributed by atoms with Gasteiger partial charge in [0.05, 0.1) is 0 Å². The van der Waals surface area contributed by atoms with Gasteiger partial charge in [0, 0.05) is 0 Å². The van der Waals surface area contributed by atoms with Crippen molar-refractivity contribution >= 4 is 18.3 Å². The lowest BCUT2D eigenvalue weighted by molar-refractivity contribution is -0.124. The van der Waals surface area contributed by atoms with Crippen LogP contribution in [0.15, 0.2) is 17.3 Å². The van der Waals surface area contributed by atoms with E-state index in [-0.39, 0.29) is 5.96 Å². The van der Waals surface area contributed by atoms with Crippen LogP contribution in [0.1, 0.15) is 39.0 Å². The Morgan fingerprint density at radius 1 is 1.35 bits per heavy atom. The highest BCUT2D eigenvalue weighted by Gasteiger charge is 2.17. The van der Waals surface area contributed by atoms with E-state index in [0.717, 1.165) is 12.8 Å². The van der Waals surface area contributed by atoms with Crippen LogP contribution in [-0.2, 0) is 9.59 Å². The SMILES string of the molecule is CCCCC/C=C\CC(NC=O)C(=O)N/C(=N/N)NN. The van der Waals surface area contributed by atoms with Crippen molar-refractivity contribution in [2.75, 3.05) is 0 Å². The van der Waals surface area contributed by atoms with Crippen molar-refractivity contribution in [1.29, 1.82) is 0 Å². The summed E-state index contributed by atoms with van der Waals surface area (Å²) in [6, 6.07) is -0.694. The third kappa shape index (κ3) is 8.09. The van der Waals surface area contributed by atoms with Crippen LogP contribution >= 0.6 is 0 Å². The molecule has 0 aromatic rings. The highest BCUT2D eigenvalue weighted by Crippen LogP contribution is 2.01. The van der Waals surface area contributed by atoms with E-state index in [9.17, 15) is 9.59 Å². The summed E-state index contributed by atoms with van der Waals surface area (Å²) in [5, 5.41) is 8.02. The molecule has 1 unspecified atom stereocenters. The number of hydrazone groups is 1. The van der Waals surface area contributed by atoms with Gasteiger partial charge < -0.3 is 11.2 Å². The maximum absolute atomic E-state index is 11.8. The molecule has 0 aliphatic heterocycles. The van der Waals surface area contributed by atoms with Gasteiger partial charge in [-0.15, -0.1) is 5.10 Å². The molecule has 0 spiro atoms. The van der Waals surface area contributed by atoms with Gasteiger partial charge in [-0.3, -0.25) is 20.3 Å². The summed E-state index contributed by atoms with van der Waals surface area (Å²) >= 11 is 0. The van der Waals surface area contributed by atoms with Gasteiger partial charge in [-0.05, 0) is 19.3 Å². The molecule has 0 heterocycles. The van der Waals surface area contributed by atoms with Crippen molar-refractivity contribution in [1.82, 2.24) is 16.1 Å². The van der Waals surface area contributed by atoms with Gasteiger partial charge >= 0.3 is 0 Å². The number of hydrazine groups is 1. The van der Waals surface area contributed by atoms with Crippen molar-refractivity contribution in [3.63, 3.8) is 0 Å². The van der Waals surface area contributed by atoms with E-state index in [2.05, 4.69) is 28.1 Å². The zero-order valence-electron chi connectivity index (χ0n) is 11.8. The van der Waals surface area contributed by atoms with Crippen molar-refractivity contribution in [3.05, 3.63) is 12.2 Å². The summed E-state index contributed by atoms with van der Waals surface area (Å²) < 4.78 is 0. The third-order valence-corrected chi connectivity index (χ3v) is 2.61. The van der Waals surface area contributed by atoms with Gasteiger partial charge in [-0.2, -0.15) is 0 Å².